The number of thiophene rings is 1. The first-order valence-electron chi connectivity index (χ1n) is 20.1. The third-order valence-corrected chi connectivity index (χ3v) is 13.5. The van der Waals surface area contributed by atoms with Crippen molar-refractivity contribution in [1.82, 2.24) is 5.32 Å². The number of allylic oxidation sites excluding steroid dienone is 2. The molecule has 0 fully saturated rings. The summed E-state index contributed by atoms with van der Waals surface area (Å²) in [6.45, 7) is 19.2. The Morgan fingerprint density at radius 3 is 2.07 bits per heavy atom. The molecule has 60 heavy (non-hydrogen) atoms. The number of nitriles is 2. The highest BCUT2D eigenvalue weighted by Crippen LogP contribution is 2.41. The maximum Gasteiger partial charge on any atom is 0.407 e. The van der Waals surface area contributed by atoms with E-state index in [0.717, 1.165) is 63.2 Å². The Kier molecular flexibility index (Phi) is 16.2. The molecule has 308 valence electrons. The molecule has 12 heteroatoms. The number of carbonyl (C=O) groups excluding carboxylic acids is 1. The molecule has 0 aliphatic carbocycles. The Morgan fingerprint density at radius 1 is 0.883 bits per heavy atom. The molecule has 0 saturated carbocycles. The van der Waals surface area contributed by atoms with Gasteiger partial charge in [-0.3, -0.25) is 0 Å². The van der Waals surface area contributed by atoms with Gasteiger partial charge in [0, 0.05) is 52.1 Å². The van der Waals surface area contributed by atoms with Crippen LogP contribution in [-0.2, 0) is 24.9 Å². The fourth-order valence-corrected chi connectivity index (χ4v) is 9.77. The topological polar surface area (TPSA) is 121 Å². The number of nitrogens with one attached hydrogen (secondary N) is 1. The Morgan fingerprint density at radius 2 is 1.48 bits per heavy atom. The van der Waals surface area contributed by atoms with Crippen LogP contribution in [0.3, 0.4) is 0 Å². The molecule has 1 aliphatic heterocycles. The zero-order chi connectivity index (χ0) is 43.0. The van der Waals surface area contributed by atoms with E-state index in [1.807, 2.05) is 86.7 Å². The zero-order valence-corrected chi connectivity index (χ0v) is 36.7. The first kappa shape index (κ1) is 44.9. The highest BCUT2D eigenvalue weighted by molar-refractivity contribution is 7.13. The third-order valence-electron chi connectivity index (χ3n) is 9.58. The Balaban J connectivity index is 1.20. The summed E-state index contributed by atoms with van der Waals surface area (Å²) in [5.41, 5.74) is 4.62. The molecule has 1 amide bonds. The molecule has 0 bridgehead atoms. The molecule has 0 saturated heterocycles. The molecule has 0 atom stereocenters. The van der Waals surface area contributed by atoms with Crippen molar-refractivity contribution in [3.8, 4) is 12.1 Å². The van der Waals surface area contributed by atoms with Crippen LogP contribution in [0.25, 0.3) is 23.1 Å². The standard InChI is InChI=1S/C48H51N5O5SSi/c1-7-30-56-60(6,57-31-8-2)32-12-29-52-47(54)55-35-37-17-22-40(23-18-37)53(38-13-10-9-11-14-38)39-20-15-36(16-21-39)19-24-41-25-26-42(59-41)27-28-44-43(33-49)46(45(34-50)51-5)58-48(44,3)4/h9-11,13-28H,7-8,12,29-32,35H2,1-4,6H3,(H,52,54)/b24-19+,28-27+,46-45-. The van der Waals surface area contributed by atoms with Gasteiger partial charge in [0.2, 0.25) is 0 Å². The molecule has 5 rings (SSSR count). The van der Waals surface area contributed by atoms with Crippen LogP contribution >= 0.6 is 11.3 Å². The molecule has 10 nitrogen and oxygen atoms in total. The Labute approximate surface area is 359 Å². The van der Waals surface area contributed by atoms with E-state index in [2.05, 4.69) is 90.1 Å². The lowest BCUT2D eigenvalue weighted by molar-refractivity contribution is 0.0953. The van der Waals surface area contributed by atoms with Crippen molar-refractivity contribution in [3.05, 3.63) is 152 Å². The van der Waals surface area contributed by atoms with E-state index in [4.69, 9.17) is 24.9 Å². The second-order valence-corrected chi connectivity index (χ2v) is 19.2. The monoisotopic (exact) mass is 837 g/mol. The lowest BCUT2D eigenvalue weighted by Gasteiger charge is -2.27. The number of para-hydroxylation sites is 1. The molecule has 4 aromatic rings. The Hall–Kier alpha value is -6.20. The minimum atomic E-state index is -2.26. The number of alkyl carbamates (subject to hydrolysis) is 1. The SMILES string of the molecule is [C-]#[N+]/C(C#N)=C1\OC(C)(C)C(/C=C/c2ccc(/C=C/c3ccc(N(c4ccccc4)c4ccc(COC(=O)NCCC[Si](C)(OCCC)OCCC)cc4)cc3)s2)=C1C#N. The number of carbonyl (C=O) groups is 1. The van der Waals surface area contributed by atoms with E-state index in [1.165, 1.54) is 0 Å². The van der Waals surface area contributed by atoms with E-state index < -0.39 is 20.3 Å². The smallest absolute Gasteiger partial charge is 0.407 e. The van der Waals surface area contributed by atoms with Crippen molar-refractivity contribution in [2.24, 2.45) is 0 Å². The van der Waals surface area contributed by atoms with E-state index in [0.29, 0.717) is 25.3 Å². The van der Waals surface area contributed by atoms with Crippen LogP contribution in [0, 0.1) is 29.2 Å². The summed E-state index contributed by atoms with van der Waals surface area (Å²) in [5.74, 6) is 0.0346. The van der Waals surface area contributed by atoms with Gasteiger partial charge in [-0.1, -0.05) is 68.5 Å². The van der Waals surface area contributed by atoms with Gasteiger partial charge in [0.05, 0.1) is 18.2 Å². The summed E-state index contributed by atoms with van der Waals surface area (Å²) in [4.78, 5) is 20.0. The third kappa shape index (κ3) is 12.2. The van der Waals surface area contributed by atoms with Gasteiger partial charge in [0.1, 0.15) is 18.3 Å². The average Bonchev–Trinajstić information content (AvgIpc) is 3.83. The lowest BCUT2D eigenvalue weighted by Crippen LogP contribution is -2.40. The number of nitrogens with zero attached hydrogens (tertiary/aromatic N) is 4. The van der Waals surface area contributed by atoms with Gasteiger partial charge >= 0.3 is 20.4 Å². The normalized spacial score (nSPS) is 14.4. The molecule has 2 heterocycles. The van der Waals surface area contributed by atoms with Gasteiger partial charge < -0.3 is 28.5 Å². The number of amides is 1. The molecule has 0 unspecified atom stereocenters. The van der Waals surface area contributed by atoms with E-state index in [-0.39, 0.29) is 23.6 Å². The van der Waals surface area contributed by atoms with Crippen molar-refractivity contribution in [3.63, 3.8) is 0 Å². The average molecular weight is 838 g/mol. The summed E-state index contributed by atoms with van der Waals surface area (Å²) in [5, 5.41) is 22.1. The second-order valence-electron chi connectivity index (χ2n) is 14.7. The van der Waals surface area contributed by atoms with E-state index in [9.17, 15) is 15.3 Å². The van der Waals surface area contributed by atoms with Crippen LogP contribution in [0.1, 0.15) is 67.8 Å². The predicted molar refractivity (Wildman–Crippen MR) is 242 cm³/mol. The van der Waals surface area contributed by atoms with Crippen molar-refractivity contribution in [2.75, 3.05) is 24.7 Å². The summed E-state index contributed by atoms with van der Waals surface area (Å²) < 4.78 is 23.6. The van der Waals surface area contributed by atoms with Crippen molar-refractivity contribution < 1.29 is 23.1 Å². The van der Waals surface area contributed by atoms with Crippen LogP contribution in [0.5, 0.6) is 0 Å². The molecule has 1 N–H and O–H groups in total. The lowest BCUT2D eigenvalue weighted by atomic mass is 9.95. The van der Waals surface area contributed by atoms with Crippen LogP contribution < -0.4 is 10.2 Å². The quantitative estimate of drug-likeness (QED) is 0.0429. The fraction of sp³-hybridized carbons (Fsp3) is 0.292. The predicted octanol–water partition coefficient (Wildman–Crippen LogP) is 12.2. The number of ether oxygens (including phenoxy) is 2. The van der Waals surface area contributed by atoms with Gasteiger partial charge in [-0.2, -0.15) is 5.26 Å². The van der Waals surface area contributed by atoms with Crippen LogP contribution in [0.2, 0.25) is 12.6 Å². The summed E-state index contributed by atoms with van der Waals surface area (Å²) in [6, 6.07) is 35.3. The van der Waals surface area contributed by atoms with E-state index >= 15 is 0 Å². The highest BCUT2D eigenvalue weighted by atomic mass is 32.1. The minimum Gasteiger partial charge on any atom is -0.492 e. The summed E-state index contributed by atoms with van der Waals surface area (Å²) >= 11 is 1.60. The molecule has 1 aliphatic rings. The first-order chi connectivity index (χ1) is 29.0. The number of hydrogen-bond acceptors (Lipinski definition) is 9. The molecule has 0 radical (unpaired) electrons. The molecule has 1 aromatic heterocycles. The highest BCUT2D eigenvalue weighted by Gasteiger charge is 2.38. The second kappa shape index (κ2) is 21.7. The summed E-state index contributed by atoms with van der Waals surface area (Å²) in [6.07, 6.45) is 10.1. The molecule has 3 aromatic carbocycles. The largest absolute Gasteiger partial charge is 0.492 e. The molecular formula is C48H51N5O5SSi. The number of rotatable bonds is 19. The van der Waals surface area contributed by atoms with Crippen LogP contribution in [0.4, 0.5) is 21.9 Å². The van der Waals surface area contributed by atoms with Gasteiger partial charge in [0.25, 0.3) is 0 Å². The maximum atomic E-state index is 12.5. The summed E-state index contributed by atoms with van der Waals surface area (Å²) in [7, 11) is -2.26. The van der Waals surface area contributed by atoms with Crippen molar-refractivity contribution in [1.29, 1.82) is 10.5 Å². The zero-order valence-electron chi connectivity index (χ0n) is 34.9. The fourth-order valence-electron chi connectivity index (χ4n) is 6.49. The van der Waals surface area contributed by atoms with Crippen molar-refractivity contribution in [2.45, 2.75) is 71.8 Å². The van der Waals surface area contributed by atoms with Gasteiger partial charge in [-0.05, 0) is 118 Å². The van der Waals surface area contributed by atoms with Gasteiger partial charge in [-0.25, -0.2) is 14.9 Å². The minimum absolute atomic E-state index is 0.0346. The number of hydrogen-bond donors (Lipinski definition) is 1. The number of anilines is 3. The number of benzene rings is 3. The molecule has 0 spiro atoms. The van der Waals surface area contributed by atoms with Crippen LogP contribution in [0.15, 0.2) is 120 Å². The van der Waals surface area contributed by atoms with Crippen molar-refractivity contribution >= 4 is 61.3 Å². The molecular weight excluding hydrogens is 787 g/mol. The maximum absolute atomic E-state index is 12.5. The van der Waals surface area contributed by atoms with Gasteiger partial charge in [0.15, 0.2) is 5.76 Å². The first-order valence-corrected chi connectivity index (χ1v) is 23.4. The van der Waals surface area contributed by atoms with Gasteiger partial charge in [-0.15, -0.1) is 11.3 Å². The van der Waals surface area contributed by atoms with E-state index in [1.54, 1.807) is 11.3 Å². The Bertz CT molecular complexity index is 2300. The van der Waals surface area contributed by atoms with Crippen LogP contribution in [-0.4, -0.2) is 40.0 Å².